The van der Waals surface area contributed by atoms with Gasteiger partial charge in [0.1, 0.15) is 12.4 Å². The van der Waals surface area contributed by atoms with Crippen molar-refractivity contribution in [3.63, 3.8) is 0 Å². The number of hydrogen-bond donors (Lipinski definition) is 0. The molecule has 1 fully saturated rings. The van der Waals surface area contributed by atoms with Gasteiger partial charge in [0.15, 0.2) is 0 Å². The molecule has 1 aliphatic rings. The molecule has 0 aliphatic carbocycles. The number of rotatable bonds is 8. The third-order valence-corrected chi connectivity index (χ3v) is 5.58. The second-order valence-electron chi connectivity index (χ2n) is 7.67. The maximum absolute atomic E-state index is 6.17. The number of ether oxygens (including phenoxy) is 1. The van der Waals surface area contributed by atoms with Gasteiger partial charge < -0.3 is 4.74 Å². The lowest BCUT2D eigenvalue weighted by atomic mass is 10.1. The zero-order valence-corrected chi connectivity index (χ0v) is 17.5. The molecule has 3 nitrogen and oxygen atoms in total. The van der Waals surface area contributed by atoms with Gasteiger partial charge in [0, 0.05) is 44.8 Å². The molecule has 30 heavy (non-hydrogen) atoms. The summed E-state index contributed by atoms with van der Waals surface area (Å²) in [6.07, 6.45) is 4.49. The van der Waals surface area contributed by atoms with Gasteiger partial charge >= 0.3 is 0 Å². The fraction of sp³-hybridized carbons (Fsp3) is 0.259. The molecular formula is C27H30N2O. The fourth-order valence-electron chi connectivity index (χ4n) is 3.83. The Morgan fingerprint density at radius 3 is 2.10 bits per heavy atom. The van der Waals surface area contributed by atoms with Crippen LogP contribution in [0.4, 0.5) is 0 Å². The van der Waals surface area contributed by atoms with Crippen LogP contribution in [-0.4, -0.2) is 55.7 Å². The monoisotopic (exact) mass is 398 g/mol. The maximum Gasteiger partial charge on any atom is 0.127 e. The Hall–Kier alpha value is -2.88. The van der Waals surface area contributed by atoms with Crippen molar-refractivity contribution >= 4 is 6.08 Å². The lowest BCUT2D eigenvalue weighted by Crippen LogP contribution is -2.47. The van der Waals surface area contributed by atoms with Crippen LogP contribution in [0.5, 0.6) is 5.75 Å². The van der Waals surface area contributed by atoms with E-state index in [1.165, 1.54) is 11.1 Å². The van der Waals surface area contributed by atoms with Crippen LogP contribution in [0, 0.1) is 0 Å². The molecule has 0 aromatic heterocycles. The van der Waals surface area contributed by atoms with Crippen molar-refractivity contribution in [2.24, 2.45) is 0 Å². The van der Waals surface area contributed by atoms with E-state index in [-0.39, 0.29) is 0 Å². The number of piperazine rings is 1. The molecule has 0 saturated carbocycles. The van der Waals surface area contributed by atoms with Crippen molar-refractivity contribution in [1.82, 2.24) is 9.80 Å². The van der Waals surface area contributed by atoms with Crippen molar-refractivity contribution in [2.75, 3.05) is 45.9 Å². The van der Waals surface area contributed by atoms with E-state index in [1.54, 1.807) is 0 Å². The maximum atomic E-state index is 6.17. The standard InChI is InChI=1S/C27H30N2O/c1-3-10-24(11-4-1)12-9-17-28-18-20-29(21-19-28)22-23-30-27-16-8-7-15-26(27)25-13-5-2-6-14-25/h1-16H,17-23H2/b12-9+. The van der Waals surface area contributed by atoms with Gasteiger partial charge in [-0.2, -0.15) is 0 Å². The molecule has 3 aromatic carbocycles. The minimum absolute atomic E-state index is 0.720. The van der Waals surface area contributed by atoms with Crippen LogP contribution in [0.2, 0.25) is 0 Å². The van der Waals surface area contributed by atoms with E-state index < -0.39 is 0 Å². The number of benzene rings is 3. The summed E-state index contributed by atoms with van der Waals surface area (Å²) in [6.45, 7) is 7.13. The molecule has 0 amide bonds. The summed E-state index contributed by atoms with van der Waals surface area (Å²) in [7, 11) is 0. The van der Waals surface area contributed by atoms with Gasteiger partial charge in [-0.15, -0.1) is 0 Å². The molecule has 4 rings (SSSR count). The normalized spacial score (nSPS) is 15.5. The number of hydrogen-bond acceptors (Lipinski definition) is 3. The quantitative estimate of drug-likeness (QED) is 0.527. The van der Waals surface area contributed by atoms with E-state index in [2.05, 4.69) is 94.7 Å². The van der Waals surface area contributed by atoms with Gasteiger partial charge in [0.25, 0.3) is 0 Å². The van der Waals surface area contributed by atoms with E-state index in [1.807, 2.05) is 12.1 Å². The Balaban J connectivity index is 1.20. The minimum Gasteiger partial charge on any atom is -0.492 e. The Bertz CT molecular complexity index is 916. The van der Waals surface area contributed by atoms with E-state index >= 15 is 0 Å². The molecule has 0 radical (unpaired) electrons. The van der Waals surface area contributed by atoms with Crippen LogP contribution >= 0.6 is 0 Å². The van der Waals surface area contributed by atoms with Gasteiger partial charge in [-0.05, 0) is 17.2 Å². The zero-order chi connectivity index (χ0) is 20.4. The Kier molecular flexibility index (Phi) is 7.32. The highest BCUT2D eigenvalue weighted by atomic mass is 16.5. The highest BCUT2D eigenvalue weighted by molar-refractivity contribution is 5.70. The molecular weight excluding hydrogens is 368 g/mol. The molecule has 0 atom stereocenters. The summed E-state index contributed by atoms with van der Waals surface area (Å²) in [5.74, 6) is 0.966. The first-order valence-corrected chi connectivity index (χ1v) is 10.8. The Morgan fingerprint density at radius 1 is 0.700 bits per heavy atom. The number of para-hydroxylation sites is 1. The lowest BCUT2D eigenvalue weighted by molar-refractivity contribution is 0.125. The first-order chi connectivity index (χ1) is 14.9. The van der Waals surface area contributed by atoms with Crippen molar-refractivity contribution in [3.8, 4) is 16.9 Å². The smallest absolute Gasteiger partial charge is 0.127 e. The van der Waals surface area contributed by atoms with Crippen LogP contribution in [0.3, 0.4) is 0 Å². The van der Waals surface area contributed by atoms with Crippen LogP contribution < -0.4 is 4.74 Å². The summed E-state index contributed by atoms with van der Waals surface area (Å²) in [5, 5.41) is 0. The first kappa shape index (κ1) is 20.4. The molecule has 154 valence electrons. The van der Waals surface area contributed by atoms with Crippen LogP contribution in [0.1, 0.15) is 5.56 Å². The first-order valence-electron chi connectivity index (χ1n) is 10.8. The molecule has 0 bridgehead atoms. The average Bonchev–Trinajstić information content (AvgIpc) is 2.82. The molecule has 1 saturated heterocycles. The van der Waals surface area contributed by atoms with Gasteiger partial charge in [-0.1, -0.05) is 91.0 Å². The second-order valence-corrected chi connectivity index (χ2v) is 7.67. The van der Waals surface area contributed by atoms with Gasteiger partial charge in [0.2, 0.25) is 0 Å². The predicted octanol–water partition coefficient (Wildman–Crippen LogP) is 5.06. The van der Waals surface area contributed by atoms with E-state index in [4.69, 9.17) is 4.74 Å². The third kappa shape index (κ3) is 5.82. The highest BCUT2D eigenvalue weighted by Crippen LogP contribution is 2.29. The van der Waals surface area contributed by atoms with Crippen molar-refractivity contribution in [3.05, 3.63) is 96.6 Å². The van der Waals surface area contributed by atoms with Gasteiger partial charge in [0.05, 0.1) is 0 Å². The predicted molar refractivity (Wildman–Crippen MR) is 126 cm³/mol. The van der Waals surface area contributed by atoms with E-state index in [0.29, 0.717) is 0 Å². The topological polar surface area (TPSA) is 15.7 Å². The average molecular weight is 399 g/mol. The molecule has 1 aliphatic heterocycles. The molecule has 0 spiro atoms. The largest absolute Gasteiger partial charge is 0.492 e. The molecule has 3 heteroatoms. The van der Waals surface area contributed by atoms with Crippen molar-refractivity contribution in [1.29, 1.82) is 0 Å². The second kappa shape index (κ2) is 10.8. The zero-order valence-electron chi connectivity index (χ0n) is 17.5. The van der Waals surface area contributed by atoms with Crippen LogP contribution in [-0.2, 0) is 0 Å². The van der Waals surface area contributed by atoms with Crippen LogP contribution in [0.15, 0.2) is 91.0 Å². The van der Waals surface area contributed by atoms with Gasteiger partial charge in [-0.25, -0.2) is 0 Å². The number of nitrogens with zero attached hydrogens (tertiary/aromatic N) is 2. The SMILES string of the molecule is C(=C\c1ccccc1)/CN1CCN(CCOc2ccccc2-c2ccccc2)CC1. The van der Waals surface area contributed by atoms with Gasteiger partial charge in [-0.3, -0.25) is 9.80 Å². The summed E-state index contributed by atoms with van der Waals surface area (Å²) in [5.41, 5.74) is 3.63. The molecule has 0 N–H and O–H groups in total. The highest BCUT2D eigenvalue weighted by Gasteiger charge is 2.15. The Labute approximate surface area is 180 Å². The van der Waals surface area contributed by atoms with E-state index in [0.717, 1.165) is 57.2 Å². The molecule has 3 aromatic rings. The van der Waals surface area contributed by atoms with Crippen LogP contribution in [0.25, 0.3) is 17.2 Å². The fourth-order valence-corrected chi connectivity index (χ4v) is 3.83. The molecule has 1 heterocycles. The lowest BCUT2D eigenvalue weighted by Gasteiger charge is -2.34. The summed E-state index contributed by atoms with van der Waals surface area (Å²) < 4.78 is 6.17. The summed E-state index contributed by atoms with van der Waals surface area (Å²) in [6, 6.07) is 29.3. The minimum atomic E-state index is 0.720. The summed E-state index contributed by atoms with van der Waals surface area (Å²) >= 11 is 0. The van der Waals surface area contributed by atoms with Crippen molar-refractivity contribution in [2.45, 2.75) is 0 Å². The Morgan fingerprint density at radius 2 is 1.33 bits per heavy atom. The summed E-state index contributed by atoms with van der Waals surface area (Å²) in [4.78, 5) is 5.02. The van der Waals surface area contributed by atoms with Crippen molar-refractivity contribution < 1.29 is 4.74 Å². The van der Waals surface area contributed by atoms with E-state index in [9.17, 15) is 0 Å². The third-order valence-electron chi connectivity index (χ3n) is 5.58. The molecule has 0 unspecified atom stereocenters.